The van der Waals surface area contributed by atoms with Crippen LogP contribution in [0.25, 0.3) is 0 Å². The van der Waals surface area contributed by atoms with Crippen molar-refractivity contribution in [3.05, 3.63) is 0 Å². The van der Waals surface area contributed by atoms with Gasteiger partial charge in [-0.1, -0.05) is 27.7 Å². The molecule has 0 spiro atoms. The van der Waals surface area contributed by atoms with Gasteiger partial charge in [0.15, 0.2) is 0 Å². The molecule has 0 saturated heterocycles. The van der Waals surface area contributed by atoms with E-state index < -0.39 is 65.5 Å². The maximum atomic E-state index is 13.5. The van der Waals surface area contributed by atoms with E-state index >= 15 is 0 Å². The molecule has 0 atom stereocenters. The van der Waals surface area contributed by atoms with Crippen molar-refractivity contribution in [1.82, 2.24) is 0 Å². The third-order valence-corrected chi connectivity index (χ3v) is 11.8. The van der Waals surface area contributed by atoms with Crippen molar-refractivity contribution >= 4 is 18.4 Å². The third-order valence-electron chi connectivity index (χ3n) is 4.15. The normalized spacial score (nSPS) is 15.7. The summed E-state index contributed by atoms with van der Waals surface area (Å²) >= 11 is 0. The minimum Gasteiger partial charge on any atom is -0.307 e. The Labute approximate surface area is 150 Å². The summed E-state index contributed by atoms with van der Waals surface area (Å²) < 4.78 is 154. The Morgan fingerprint density at radius 3 is 1.44 bits per heavy atom. The molecular formula is C12H18F10O3SSi. The number of rotatable bonds is 8. The Kier molecular flexibility index (Phi) is 7.52. The lowest BCUT2D eigenvalue weighted by molar-refractivity contribution is -0.354. The lowest BCUT2D eigenvalue weighted by atomic mass is 10.1. The number of halogens is 10. The maximum absolute atomic E-state index is 13.5. The minimum absolute atomic E-state index is 1.12. The first kappa shape index (κ1) is 26.4. The van der Waals surface area contributed by atoms with Crippen LogP contribution >= 0.6 is 0 Å². The van der Waals surface area contributed by atoms with Crippen LogP contribution in [0.4, 0.5) is 43.9 Å². The summed E-state index contributed by atoms with van der Waals surface area (Å²) in [5.74, 6) is -12.1. The van der Waals surface area contributed by atoms with Gasteiger partial charge in [0.1, 0.15) is 0 Å². The molecule has 164 valence electrons. The van der Waals surface area contributed by atoms with Gasteiger partial charge in [-0.05, 0) is 17.1 Å². The maximum Gasteiger partial charge on any atom is 0.522 e. The van der Waals surface area contributed by atoms with Crippen molar-refractivity contribution in [3.63, 3.8) is 0 Å². The highest BCUT2D eigenvalue weighted by Crippen LogP contribution is 2.51. The molecule has 0 aromatic heterocycles. The van der Waals surface area contributed by atoms with Gasteiger partial charge in [-0.3, -0.25) is 0 Å². The molecule has 0 aliphatic carbocycles. The molecule has 0 aromatic carbocycles. The smallest absolute Gasteiger partial charge is 0.307 e. The SMILES string of the molecule is CC(C)[Si](CCC(F)(F)C(F)(F)C(F)(F)F)(OS(=O)(=O)C(F)(F)F)C(C)C. The van der Waals surface area contributed by atoms with Gasteiger partial charge in [-0.15, -0.1) is 0 Å². The second-order valence-corrected chi connectivity index (χ2v) is 13.3. The zero-order valence-electron chi connectivity index (χ0n) is 14.5. The van der Waals surface area contributed by atoms with Crippen molar-refractivity contribution < 1.29 is 56.2 Å². The van der Waals surface area contributed by atoms with Gasteiger partial charge in [0.2, 0.25) is 8.32 Å². The molecule has 0 aromatic rings. The highest BCUT2D eigenvalue weighted by molar-refractivity contribution is 7.88. The lowest BCUT2D eigenvalue weighted by Gasteiger charge is -2.39. The molecule has 0 rings (SSSR count). The van der Waals surface area contributed by atoms with E-state index in [1.807, 2.05) is 0 Å². The average Bonchev–Trinajstić information content (AvgIpc) is 2.39. The van der Waals surface area contributed by atoms with Gasteiger partial charge in [-0.25, -0.2) is 0 Å². The first-order valence-electron chi connectivity index (χ1n) is 7.39. The molecule has 0 unspecified atom stereocenters. The molecule has 27 heavy (non-hydrogen) atoms. The predicted octanol–water partition coefficient (Wildman–Crippen LogP) is 5.84. The summed E-state index contributed by atoms with van der Waals surface area (Å²) in [6.45, 7) is 4.49. The van der Waals surface area contributed by atoms with Crippen LogP contribution in [0.5, 0.6) is 0 Å². The minimum atomic E-state index is -6.60. The highest BCUT2D eigenvalue weighted by Gasteiger charge is 2.73. The van der Waals surface area contributed by atoms with Crippen LogP contribution in [0.2, 0.25) is 17.1 Å². The summed E-state index contributed by atoms with van der Waals surface area (Å²) in [6, 6.07) is -1.36. The highest BCUT2D eigenvalue weighted by atomic mass is 32.2. The molecule has 3 nitrogen and oxygen atoms in total. The van der Waals surface area contributed by atoms with Crippen molar-refractivity contribution in [2.24, 2.45) is 0 Å². The van der Waals surface area contributed by atoms with Crippen LogP contribution in [0.15, 0.2) is 0 Å². The monoisotopic (exact) mass is 460 g/mol. The van der Waals surface area contributed by atoms with Gasteiger partial charge in [-0.2, -0.15) is 52.3 Å². The zero-order valence-corrected chi connectivity index (χ0v) is 16.3. The predicted molar refractivity (Wildman–Crippen MR) is 77.4 cm³/mol. The summed E-state index contributed by atoms with van der Waals surface area (Å²) in [6.07, 6.45) is -8.80. The Morgan fingerprint density at radius 2 is 1.19 bits per heavy atom. The van der Waals surface area contributed by atoms with Crippen LogP contribution in [-0.2, 0) is 14.0 Å². The topological polar surface area (TPSA) is 43.4 Å². The Bertz CT molecular complexity index is 602. The van der Waals surface area contributed by atoms with E-state index in [9.17, 15) is 52.3 Å². The van der Waals surface area contributed by atoms with Crippen molar-refractivity contribution in [2.75, 3.05) is 0 Å². The fourth-order valence-corrected chi connectivity index (χ4v) is 9.52. The van der Waals surface area contributed by atoms with Gasteiger partial charge in [0.25, 0.3) is 0 Å². The van der Waals surface area contributed by atoms with Gasteiger partial charge in [0, 0.05) is 6.42 Å². The number of hydrogen-bond donors (Lipinski definition) is 0. The largest absolute Gasteiger partial charge is 0.522 e. The summed E-state index contributed by atoms with van der Waals surface area (Å²) in [5, 5.41) is 0. The van der Waals surface area contributed by atoms with Gasteiger partial charge in [0.05, 0.1) is 0 Å². The standard InChI is InChI=1S/C12H18F10O3SSi/c1-7(2)27(8(3)4,25-26(23,24)12(20,21)22)6-5-9(13,14)10(15,16)11(17,18)19/h7-8H,5-6H2,1-4H3. The van der Waals surface area contributed by atoms with Crippen molar-refractivity contribution in [3.8, 4) is 0 Å². The van der Waals surface area contributed by atoms with E-state index in [1.54, 1.807) is 0 Å². The molecular weight excluding hydrogens is 442 g/mol. The number of alkyl halides is 10. The second kappa shape index (κ2) is 7.69. The molecule has 0 amide bonds. The molecule has 0 N–H and O–H groups in total. The summed E-state index contributed by atoms with van der Waals surface area (Å²) in [7, 11) is -10.7. The lowest BCUT2D eigenvalue weighted by Crippen LogP contribution is -2.54. The first-order chi connectivity index (χ1) is 11.6. The fourth-order valence-electron chi connectivity index (χ4n) is 2.45. The van der Waals surface area contributed by atoms with Crippen LogP contribution in [-0.4, -0.2) is 40.3 Å². The molecule has 0 saturated carbocycles. The van der Waals surface area contributed by atoms with Crippen molar-refractivity contribution in [1.29, 1.82) is 0 Å². The molecule has 0 heterocycles. The molecule has 0 radical (unpaired) electrons. The second-order valence-electron chi connectivity index (χ2n) is 6.52. The van der Waals surface area contributed by atoms with E-state index in [2.05, 4.69) is 3.87 Å². The van der Waals surface area contributed by atoms with Crippen LogP contribution < -0.4 is 0 Å². The summed E-state index contributed by atoms with van der Waals surface area (Å²) in [4.78, 5) is 0. The van der Waals surface area contributed by atoms with Crippen LogP contribution in [0.1, 0.15) is 34.1 Å². The van der Waals surface area contributed by atoms with E-state index in [-0.39, 0.29) is 0 Å². The molecule has 0 fully saturated rings. The first-order valence-corrected chi connectivity index (χ1v) is 11.1. The van der Waals surface area contributed by atoms with Gasteiger partial charge >= 0.3 is 33.6 Å². The number of hydrogen-bond acceptors (Lipinski definition) is 3. The Morgan fingerprint density at radius 1 is 0.815 bits per heavy atom. The summed E-state index contributed by atoms with van der Waals surface area (Å²) in [5.41, 5.74) is -8.15. The molecule has 15 heteroatoms. The molecule has 0 aliphatic rings. The van der Waals surface area contributed by atoms with E-state index in [1.165, 1.54) is 0 Å². The van der Waals surface area contributed by atoms with E-state index in [4.69, 9.17) is 0 Å². The van der Waals surface area contributed by atoms with Crippen LogP contribution in [0, 0.1) is 0 Å². The van der Waals surface area contributed by atoms with Gasteiger partial charge < -0.3 is 3.87 Å². The Balaban J connectivity index is 5.99. The average molecular weight is 460 g/mol. The third kappa shape index (κ3) is 5.28. The molecule has 0 aliphatic heterocycles. The van der Waals surface area contributed by atoms with E-state index in [0.29, 0.717) is 0 Å². The van der Waals surface area contributed by atoms with E-state index in [0.717, 1.165) is 27.7 Å². The Hall–Kier alpha value is -0.573. The van der Waals surface area contributed by atoms with Crippen LogP contribution in [0.3, 0.4) is 0 Å². The fraction of sp³-hybridized carbons (Fsp3) is 1.00. The van der Waals surface area contributed by atoms with Crippen molar-refractivity contribution in [2.45, 2.75) is 74.8 Å². The zero-order chi connectivity index (χ0) is 22.3. The molecule has 0 bridgehead atoms. The quantitative estimate of drug-likeness (QED) is 0.260.